The van der Waals surface area contributed by atoms with E-state index >= 15 is 0 Å². The molecular formula is C24H19F2N3O. The smallest absolute Gasteiger partial charge is 0.248 e. The van der Waals surface area contributed by atoms with E-state index in [1.807, 2.05) is 60.8 Å². The average molecular weight is 403 g/mol. The SMILES string of the molecule is Cc1ccc(-c2nc3cc(C)ccn3c2/C=C/C(=O)Nc2c(F)cccc2F)cc1. The number of aryl methyl sites for hydroxylation is 2. The van der Waals surface area contributed by atoms with Crippen LogP contribution in [0.15, 0.2) is 66.9 Å². The molecule has 1 N–H and O–H groups in total. The fourth-order valence-electron chi connectivity index (χ4n) is 3.19. The van der Waals surface area contributed by atoms with Crippen LogP contribution in [-0.4, -0.2) is 15.3 Å². The average Bonchev–Trinajstić information content (AvgIpc) is 3.07. The number of amides is 1. The molecule has 0 unspecified atom stereocenters. The van der Waals surface area contributed by atoms with Crippen LogP contribution >= 0.6 is 0 Å². The van der Waals surface area contributed by atoms with Crippen molar-refractivity contribution in [2.75, 3.05) is 5.32 Å². The lowest BCUT2D eigenvalue weighted by Crippen LogP contribution is -2.11. The minimum atomic E-state index is -0.831. The number of benzene rings is 2. The first-order chi connectivity index (χ1) is 14.4. The number of hydrogen-bond acceptors (Lipinski definition) is 2. The highest BCUT2D eigenvalue weighted by molar-refractivity contribution is 6.02. The number of nitrogens with one attached hydrogen (secondary N) is 1. The number of fused-ring (bicyclic) bond motifs is 1. The van der Waals surface area contributed by atoms with Crippen molar-refractivity contribution in [1.29, 1.82) is 0 Å². The molecule has 0 spiro atoms. The predicted octanol–water partition coefficient (Wildman–Crippen LogP) is 5.55. The lowest BCUT2D eigenvalue weighted by atomic mass is 10.1. The third-order valence-electron chi connectivity index (χ3n) is 4.75. The highest BCUT2D eigenvalue weighted by atomic mass is 19.1. The number of para-hydroxylation sites is 1. The number of aromatic nitrogens is 2. The predicted molar refractivity (Wildman–Crippen MR) is 114 cm³/mol. The summed E-state index contributed by atoms with van der Waals surface area (Å²) in [6.45, 7) is 3.98. The van der Waals surface area contributed by atoms with Crippen molar-refractivity contribution in [3.05, 3.63) is 95.3 Å². The molecule has 0 atom stereocenters. The number of halogens is 2. The van der Waals surface area contributed by atoms with Crippen molar-refractivity contribution < 1.29 is 13.6 Å². The Morgan fingerprint density at radius 1 is 1.00 bits per heavy atom. The Hall–Kier alpha value is -3.80. The molecule has 2 aromatic carbocycles. The van der Waals surface area contributed by atoms with E-state index in [1.165, 1.54) is 12.1 Å². The van der Waals surface area contributed by atoms with E-state index < -0.39 is 23.2 Å². The van der Waals surface area contributed by atoms with Crippen LogP contribution in [-0.2, 0) is 4.79 Å². The van der Waals surface area contributed by atoms with E-state index in [2.05, 4.69) is 5.32 Å². The van der Waals surface area contributed by atoms with Gasteiger partial charge in [0.05, 0.1) is 11.4 Å². The molecule has 0 aliphatic rings. The zero-order chi connectivity index (χ0) is 21.3. The summed E-state index contributed by atoms with van der Waals surface area (Å²) in [6, 6.07) is 15.2. The van der Waals surface area contributed by atoms with E-state index in [1.54, 1.807) is 6.08 Å². The van der Waals surface area contributed by atoms with Gasteiger partial charge in [0, 0.05) is 17.8 Å². The van der Waals surface area contributed by atoms with Crippen molar-refractivity contribution in [2.45, 2.75) is 13.8 Å². The van der Waals surface area contributed by atoms with Gasteiger partial charge in [-0.25, -0.2) is 13.8 Å². The second kappa shape index (κ2) is 7.91. The first kappa shape index (κ1) is 19.5. The number of carbonyl (C=O) groups is 1. The van der Waals surface area contributed by atoms with Crippen LogP contribution in [0.25, 0.3) is 23.0 Å². The molecule has 2 heterocycles. The summed E-state index contributed by atoms with van der Waals surface area (Å²) < 4.78 is 29.5. The molecule has 0 aliphatic carbocycles. The molecule has 0 fully saturated rings. The Balaban J connectivity index is 1.73. The zero-order valence-corrected chi connectivity index (χ0v) is 16.5. The number of carbonyl (C=O) groups excluding carboxylic acids is 1. The molecule has 0 saturated heterocycles. The Bertz CT molecular complexity index is 1250. The second-order valence-electron chi connectivity index (χ2n) is 7.06. The van der Waals surface area contributed by atoms with Gasteiger partial charge in [0.25, 0.3) is 0 Å². The van der Waals surface area contributed by atoms with Crippen LogP contribution < -0.4 is 5.32 Å². The highest BCUT2D eigenvalue weighted by Gasteiger charge is 2.14. The van der Waals surface area contributed by atoms with Crippen LogP contribution in [0, 0.1) is 25.5 Å². The molecule has 4 aromatic rings. The number of rotatable bonds is 4. The van der Waals surface area contributed by atoms with Crippen molar-refractivity contribution in [1.82, 2.24) is 9.38 Å². The summed E-state index contributed by atoms with van der Waals surface area (Å²) >= 11 is 0. The molecule has 30 heavy (non-hydrogen) atoms. The maximum absolute atomic E-state index is 13.8. The fraction of sp³-hybridized carbons (Fsp3) is 0.0833. The third kappa shape index (κ3) is 3.85. The summed E-state index contributed by atoms with van der Waals surface area (Å²) in [6.07, 6.45) is 4.72. The Morgan fingerprint density at radius 3 is 2.40 bits per heavy atom. The minimum absolute atomic E-state index is 0.473. The summed E-state index contributed by atoms with van der Waals surface area (Å²) in [7, 11) is 0. The van der Waals surface area contributed by atoms with Gasteiger partial charge in [0.2, 0.25) is 5.91 Å². The summed E-state index contributed by atoms with van der Waals surface area (Å²) in [5.74, 6) is -2.30. The number of anilines is 1. The van der Waals surface area contributed by atoms with Gasteiger partial charge in [-0.15, -0.1) is 0 Å². The molecule has 4 nitrogen and oxygen atoms in total. The van der Waals surface area contributed by atoms with E-state index in [4.69, 9.17) is 4.98 Å². The number of nitrogens with zero attached hydrogens (tertiary/aromatic N) is 2. The van der Waals surface area contributed by atoms with Crippen LogP contribution in [0.3, 0.4) is 0 Å². The van der Waals surface area contributed by atoms with Crippen LogP contribution in [0.2, 0.25) is 0 Å². The number of imidazole rings is 1. The Kier molecular flexibility index (Phi) is 5.14. The number of pyridine rings is 1. The maximum atomic E-state index is 13.8. The van der Waals surface area contributed by atoms with E-state index in [0.29, 0.717) is 11.4 Å². The van der Waals surface area contributed by atoms with Gasteiger partial charge in [0.1, 0.15) is 23.0 Å². The molecule has 0 saturated carbocycles. The standard InChI is InChI=1S/C24H19F2N3O/c1-15-6-8-17(9-7-15)23-20(29-13-12-16(2)14-21(29)27-23)10-11-22(30)28-24-18(25)4-3-5-19(24)26/h3-14H,1-2H3,(H,28,30)/b11-10+. The van der Waals surface area contributed by atoms with Gasteiger partial charge in [-0.2, -0.15) is 0 Å². The summed E-state index contributed by atoms with van der Waals surface area (Å²) in [5.41, 5.74) is 4.76. The lowest BCUT2D eigenvalue weighted by Gasteiger charge is -2.05. The Morgan fingerprint density at radius 2 is 1.70 bits per heavy atom. The number of hydrogen-bond donors (Lipinski definition) is 1. The lowest BCUT2D eigenvalue weighted by molar-refractivity contribution is -0.111. The van der Waals surface area contributed by atoms with Crippen molar-refractivity contribution in [2.24, 2.45) is 0 Å². The fourth-order valence-corrected chi connectivity index (χ4v) is 3.19. The highest BCUT2D eigenvalue weighted by Crippen LogP contribution is 2.26. The third-order valence-corrected chi connectivity index (χ3v) is 4.75. The molecule has 0 radical (unpaired) electrons. The zero-order valence-electron chi connectivity index (χ0n) is 16.5. The molecule has 2 aromatic heterocycles. The first-order valence-electron chi connectivity index (χ1n) is 9.41. The minimum Gasteiger partial charge on any atom is -0.318 e. The van der Waals surface area contributed by atoms with Gasteiger partial charge < -0.3 is 5.32 Å². The normalized spacial score (nSPS) is 11.3. The molecule has 4 rings (SSSR count). The molecule has 1 amide bonds. The van der Waals surface area contributed by atoms with Gasteiger partial charge in [0.15, 0.2) is 0 Å². The van der Waals surface area contributed by atoms with Gasteiger partial charge in [-0.05, 0) is 49.8 Å². The molecular weight excluding hydrogens is 384 g/mol. The van der Waals surface area contributed by atoms with E-state index in [9.17, 15) is 13.6 Å². The van der Waals surface area contributed by atoms with E-state index in [-0.39, 0.29) is 0 Å². The van der Waals surface area contributed by atoms with Crippen molar-refractivity contribution in [3.63, 3.8) is 0 Å². The quantitative estimate of drug-likeness (QED) is 0.454. The molecule has 6 heteroatoms. The summed E-state index contributed by atoms with van der Waals surface area (Å²) in [5, 5.41) is 2.26. The molecule has 0 bridgehead atoms. The molecule has 150 valence electrons. The summed E-state index contributed by atoms with van der Waals surface area (Å²) in [4.78, 5) is 17.1. The Labute approximate surface area is 172 Å². The van der Waals surface area contributed by atoms with Crippen molar-refractivity contribution >= 4 is 23.3 Å². The van der Waals surface area contributed by atoms with Crippen LogP contribution in [0.4, 0.5) is 14.5 Å². The molecule has 0 aliphatic heterocycles. The van der Waals surface area contributed by atoms with Crippen molar-refractivity contribution in [3.8, 4) is 11.3 Å². The first-order valence-corrected chi connectivity index (χ1v) is 9.41. The largest absolute Gasteiger partial charge is 0.318 e. The van der Waals surface area contributed by atoms with Crippen LogP contribution in [0.5, 0.6) is 0 Å². The topological polar surface area (TPSA) is 46.4 Å². The van der Waals surface area contributed by atoms with E-state index in [0.717, 1.165) is 34.5 Å². The second-order valence-corrected chi connectivity index (χ2v) is 7.06. The van der Waals surface area contributed by atoms with Gasteiger partial charge in [-0.1, -0.05) is 35.9 Å². The monoisotopic (exact) mass is 403 g/mol. The van der Waals surface area contributed by atoms with Crippen LogP contribution in [0.1, 0.15) is 16.8 Å². The van der Waals surface area contributed by atoms with Gasteiger partial charge >= 0.3 is 0 Å². The van der Waals surface area contributed by atoms with Gasteiger partial charge in [-0.3, -0.25) is 9.20 Å². The maximum Gasteiger partial charge on any atom is 0.248 e.